The topological polar surface area (TPSA) is 33.1 Å². The highest BCUT2D eigenvalue weighted by molar-refractivity contribution is 7.07. The van der Waals surface area contributed by atoms with Crippen LogP contribution >= 0.6 is 11.3 Å². The maximum Gasteiger partial charge on any atom is 0.190 e. The lowest BCUT2D eigenvalue weighted by Gasteiger charge is -2.09. The van der Waals surface area contributed by atoms with E-state index in [1.165, 1.54) is 17.2 Å². The lowest BCUT2D eigenvalue weighted by Crippen LogP contribution is -2.17. The molecule has 0 radical (unpaired) electrons. The van der Waals surface area contributed by atoms with Gasteiger partial charge >= 0.3 is 0 Å². The normalized spacial score (nSPS) is 12.0. The second-order valence-corrected chi connectivity index (χ2v) is 7.96. The van der Waals surface area contributed by atoms with Crippen LogP contribution in [0.15, 0.2) is 95.4 Å². The summed E-state index contributed by atoms with van der Waals surface area (Å²) in [7, 11) is 0. The van der Waals surface area contributed by atoms with Gasteiger partial charge in [0.2, 0.25) is 0 Å². The first-order valence-corrected chi connectivity index (χ1v) is 10.7. The van der Waals surface area contributed by atoms with Gasteiger partial charge in [-0.05, 0) is 47.9 Å². The molecule has 0 saturated heterocycles. The molecule has 0 spiro atoms. The maximum absolute atomic E-state index is 13.5. The average Bonchev–Trinajstić information content (AvgIpc) is 3.37. The van der Waals surface area contributed by atoms with Crippen LogP contribution in [0.25, 0.3) is 22.2 Å². The van der Waals surface area contributed by atoms with Crippen LogP contribution in [0.3, 0.4) is 0 Å². The van der Waals surface area contributed by atoms with E-state index in [1.807, 2.05) is 48.7 Å². The van der Waals surface area contributed by atoms with Crippen LogP contribution in [0, 0.1) is 5.82 Å². The van der Waals surface area contributed by atoms with Crippen molar-refractivity contribution < 1.29 is 4.39 Å². The van der Waals surface area contributed by atoms with Crippen LogP contribution in [0.2, 0.25) is 0 Å². The molecule has 148 valence electrons. The Morgan fingerprint density at radius 3 is 2.50 bits per heavy atom. The minimum Gasteiger partial charge on any atom is -0.361 e. The molecule has 30 heavy (non-hydrogen) atoms. The molecule has 0 aliphatic carbocycles. The van der Waals surface area contributed by atoms with Crippen molar-refractivity contribution in [3.05, 3.63) is 107 Å². The molecule has 0 saturated carbocycles. The first-order valence-electron chi connectivity index (χ1n) is 9.87. The Bertz CT molecular complexity index is 1350. The van der Waals surface area contributed by atoms with Crippen molar-refractivity contribution in [2.24, 2.45) is 4.99 Å². The van der Waals surface area contributed by atoms with Crippen molar-refractivity contribution >= 4 is 27.9 Å². The van der Waals surface area contributed by atoms with Gasteiger partial charge in [0.25, 0.3) is 0 Å². The highest BCUT2D eigenvalue weighted by atomic mass is 32.1. The zero-order valence-corrected chi connectivity index (χ0v) is 17.1. The molecule has 0 aliphatic rings. The molecule has 0 unspecified atom stereocenters. The van der Waals surface area contributed by atoms with Gasteiger partial charge in [0.05, 0.1) is 11.4 Å². The highest BCUT2D eigenvalue weighted by Gasteiger charge is 2.10. The third-order valence-electron chi connectivity index (χ3n) is 5.18. The molecule has 5 aromatic rings. The largest absolute Gasteiger partial charge is 0.361 e. The van der Waals surface area contributed by atoms with E-state index in [4.69, 9.17) is 4.99 Å². The smallest absolute Gasteiger partial charge is 0.190 e. The molecule has 0 amide bonds. The molecule has 0 atom stereocenters. The number of halogens is 1. The number of H-pyrrole nitrogens is 1. The molecule has 1 N–H and O–H groups in total. The summed E-state index contributed by atoms with van der Waals surface area (Å²) in [6.45, 7) is 0.781. The summed E-state index contributed by atoms with van der Waals surface area (Å²) in [5.41, 5.74) is 5.27. The fourth-order valence-electron chi connectivity index (χ4n) is 3.68. The predicted molar refractivity (Wildman–Crippen MR) is 121 cm³/mol. The number of hydrogen-bond donors (Lipinski definition) is 1. The molecule has 5 heteroatoms. The van der Waals surface area contributed by atoms with E-state index in [1.54, 1.807) is 17.4 Å². The summed E-state index contributed by atoms with van der Waals surface area (Å²) in [6.07, 6.45) is 2.80. The van der Waals surface area contributed by atoms with Crippen molar-refractivity contribution in [1.82, 2.24) is 9.55 Å². The molecular formula is C25H20FN3S. The van der Waals surface area contributed by atoms with Crippen LogP contribution in [0.4, 0.5) is 10.1 Å². The minimum absolute atomic E-state index is 0.224. The lowest BCUT2D eigenvalue weighted by molar-refractivity contribution is 0.629. The van der Waals surface area contributed by atoms with Gasteiger partial charge in [-0.15, -0.1) is 11.3 Å². The number of para-hydroxylation sites is 1. The number of aromatic amines is 1. The SMILES string of the molecule is Fc1ccc2c(CCn3c(-c4ccccc4)csc3=Nc3ccccc3)c[nH]c2c1. The number of aryl methyl sites for hydroxylation is 1. The molecule has 3 aromatic carbocycles. The fraction of sp³-hybridized carbons (Fsp3) is 0.0800. The van der Waals surface area contributed by atoms with Gasteiger partial charge in [-0.25, -0.2) is 9.38 Å². The Labute approximate surface area is 177 Å². The van der Waals surface area contributed by atoms with Crippen LogP contribution in [0.5, 0.6) is 0 Å². The average molecular weight is 414 g/mol. The second-order valence-electron chi connectivity index (χ2n) is 7.12. The molecule has 2 aromatic heterocycles. The predicted octanol–water partition coefficient (Wildman–Crippen LogP) is 6.31. The number of nitrogens with one attached hydrogen (secondary N) is 1. The monoisotopic (exact) mass is 413 g/mol. The number of fused-ring (bicyclic) bond motifs is 1. The minimum atomic E-state index is -0.224. The standard InChI is InChI=1S/C25H20FN3S/c26-20-11-12-22-19(16-27-23(22)15-20)13-14-29-24(18-7-3-1-4-8-18)17-30-25(29)28-21-9-5-2-6-10-21/h1-12,15-17,27H,13-14H2. The van der Waals surface area contributed by atoms with Crippen LogP contribution in [0.1, 0.15) is 5.56 Å². The Morgan fingerprint density at radius 1 is 0.933 bits per heavy atom. The Hall–Kier alpha value is -3.44. The van der Waals surface area contributed by atoms with Gasteiger partial charge in [0.15, 0.2) is 4.80 Å². The molecule has 0 bridgehead atoms. The highest BCUT2D eigenvalue weighted by Crippen LogP contribution is 2.23. The molecule has 5 rings (SSSR count). The zero-order valence-electron chi connectivity index (χ0n) is 16.3. The maximum atomic E-state index is 13.5. The summed E-state index contributed by atoms with van der Waals surface area (Å²) in [5, 5.41) is 3.23. The van der Waals surface area contributed by atoms with Crippen molar-refractivity contribution in [3.63, 3.8) is 0 Å². The van der Waals surface area contributed by atoms with Crippen LogP contribution in [-0.2, 0) is 13.0 Å². The number of aromatic nitrogens is 2. The number of rotatable bonds is 5. The van der Waals surface area contributed by atoms with E-state index in [9.17, 15) is 4.39 Å². The van der Waals surface area contributed by atoms with Crippen molar-refractivity contribution in [2.45, 2.75) is 13.0 Å². The van der Waals surface area contributed by atoms with Gasteiger partial charge in [0.1, 0.15) is 5.82 Å². The van der Waals surface area contributed by atoms with E-state index < -0.39 is 0 Å². The number of thiazole rings is 1. The molecule has 3 nitrogen and oxygen atoms in total. The van der Waals surface area contributed by atoms with Gasteiger partial charge < -0.3 is 9.55 Å². The van der Waals surface area contributed by atoms with E-state index in [-0.39, 0.29) is 5.82 Å². The van der Waals surface area contributed by atoms with Crippen LogP contribution in [-0.4, -0.2) is 9.55 Å². The van der Waals surface area contributed by atoms with Gasteiger partial charge in [-0.2, -0.15) is 0 Å². The Kier molecular flexibility index (Phi) is 5.03. The van der Waals surface area contributed by atoms with E-state index >= 15 is 0 Å². The summed E-state index contributed by atoms with van der Waals surface area (Å²) in [5.74, 6) is -0.224. The Morgan fingerprint density at radius 2 is 1.70 bits per heavy atom. The number of hydrogen-bond acceptors (Lipinski definition) is 2. The number of nitrogens with zero attached hydrogens (tertiary/aromatic N) is 2. The van der Waals surface area contributed by atoms with E-state index in [0.717, 1.165) is 40.1 Å². The van der Waals surface area contributed by atoms with Crippen LogP contribution < -0.4 is 4.80 Å². The fourth-order valence-corrected chi connectivity index (χ4v) is 4.64. The first kappa shape index (κ1) is 18.6. The lowest BCUT2D eigenvalue weighted by atomic mass is 10.1. The molecular weight excluding hydrogens is 393 g/mol. The quantitative estimate of drug-likeness (QED) is 0.350. The molecule has 2 heterocycles. The summed E-state index contributed by atoms with van der Waals surface area (Å²) < 4.78 is 15.8. The van der Waals surface area contributed by atoms with Gasteiger partial charge in [-0.3, -0.25) is 0 Å². The van der Waals surface area contributed by atoms with Crippen molar-refractivity contribution in [3.8, 4) is 11.3 Å². The van der Waals surface area contributed by atoms with E-state index in [0.29, 0.717) is 0 Å². The second kappa shape index (κ2) is 8.13. The summed E-state index contributed by atoms with van der Waals surface area (Å²) in [4.78, 5) is 9.04. The summed E-state index contributed by atoms with van der Waals surface area (Å²) >= 11 is 1.65. The third kappa shape index (κ3) is 3.72. The molecule has 0 fully saturated rings. The number of benzene rings is 3. The first-order chi connectivity index (χ1) is 14.8. The van der Waals surface area contributed by atoms with Gasteiger partial charge in [-0.1, -0.05) is 48.5 Å². The van der Waals surface area contributed by atoms with Gasteiger partial charge in [0, 0.05) is 29.0 Å². The van der Waals surface area contributed by atoms with E-state index in [2.05, 4.69) is 39.2 Å². The summed E-state index contributed by atoms with van der Waals surface area (Å²) in [6, 6.07) is 25.3. The molecule has 0 aliphatic heterocycles. The Balaban J connectivity index is 1.55. The third-order valence-corrected chi connectivity index (χ3v) is 6.05. The van der Waals surface area contributed by atoms with Crippen molar-refractivity contribution in [2.75, 3.05) is 0 Å². The zero-order chi connectivity index (χ0) is 20.3. The van der Waals surface area contributed by atoms with Crippen molar-refractivity contribution in [1.29, 1.82) is 0 Å².